The quantitative estimate of drug-likeness (QED) is 0.820. The van der Waals surface area contributed by atoms with E-state index in [1.165, 1.54) is 12.8 Å². The van der Waals surface area contributed by atoms with Crippen molar-refractivity contribution in [2.45, 2.75) is 57.1 Å². The van der Waals surface area contributed by atoms with Crippen LogP contribution in [0.3, 0.4) is 0 Å². The molecular weight excluding hydrogens is 258 g/mol. The zero-order valence-electron chi connectivity index (χ0n) is 11.7. The largest absolute Gasteiger partial charge is 0.481 e. The number of nitrogens with one attached hydrogen (secondary N) is 1. The second-order valence-corrected chi connectivity index (χ2v) is 6.48. The number of carboxylic acids is 1. The second-order valence-electron chi connectivity index (χ2n) is 6.48. The fraction of sp³-hybridized carbons (Fsp3) is 0.867. The summed E-state index contributed by atoms with van der Waals surface area (Å²) in [6.07, 6.45) is 6.35. The van der Waals surface area contributed by atoms with E-state index in [1.54, 1.807) is 0 Å². The molecule has 2 aliphatic carbocycles. The minimum atomic E-state index is -0.762. The van der Waals surface area contributed by atoms with Crippen molar-refractivity contribution in [3.05, 3.63) is 0 Å². The minimum absolute atomic E-state index is 0.0390. The molecule has 2 N–H and O–H groups in total. The maximum atomic E-state index is 12.4. The Balaban J connectivity index is 1.54. The predicted octanol–water partition coefficient (Wildman–Crippen LogP) is 1.56. The normalized spacial score (nSPS) is 37.6. The van der Waals surface area contributed by atoms with E-state index in [4.69, 9.17) is 9.84 Å². The molecule has 20 heavy (non-hydrogen) atoms. The monoisotopic (exact) mass is 281 g/mol. The summed E-state index contributed by atoms with van der Waals surface area (Å²) >= 11 is 0. The number of rotatable bonds is 4. The van der Waals surface area contributed by atoms with Crippen LogP contribution >= 0.6 is 0 Å². The first-order chi connectivity index (χ1) is 9.65. The number of amides is 1. The average molecular weight is 281 g/mol. The first-order valence-corrected chi connectivity index (χ1v) is 7.80. The molecular formula is C15H23NO4. The van der Waals surface area contributed by atoms with Crippen LogP contribution in [0.2, 0.25) is 0 Å². The number of aliphatic carboxylic acids is 1. The molecule has 5 nitrogen and oxygen atoms in total. The van der Waals surface area contributed by atoms with Crippen LogP contribution in [0.1, 0.15) is 44.9 Å². The number of carboxylic acid groups (broad SMARTS) is 1. The van der Waals surface area contributed by atoms with E-state index < -0.39 is 5.97 Å². The van der Waals surface area contributed by atoms with Gasteiger partial charge in [0, 0.05) is 12.5 Å². The maximum Gasteiger partial charge on any atom is 0.306 e. The van der Waals surface area contributed by atoms with Crippen LogP contribution in [0.15, 0.2) is 0 Å². The SMILES string of the molecule is O=C(O)C1CCCC(C(=O)NC2CCOC2C2CC2)C1. The first-order valence-electron chi connectivity index (χ1n) is 7.80. The van der Waals surface area contributed by atoms with Crippen LogP contribution in [-0.4, -0.2) is 35.7 Å². The highest BCUT2D eigenvalue weighted by molar-refractivity contribution is 5.80. The molecule has 1 heterocycles. The molecule has 4 atom stereocenters. The van der Waals surface area contributed by atoms with Gasteiger partial charge in [0.15, 0.2) is 0 Å². The van der Waals surface area contributed by atoms with Gasteiger partial charge in [-0.25, -0.2) is 0 Å². The van der Waals surface area contributed by atoms with Crippen LogP contribution in [-0.2, 0) is 14.3 Å². The summed E-state index contributed by atoms with van der Waals surface area (Å²) < 4.78 is 5.73. The van der Waals surface area contributed by atoms with E-state index in [1.807, 2.05) is 0 Å². The zero-order chi connectivity index (χ0) is 14.1. The summed E-state index contributed by atoms with van der Waals surface area (Å²) in [6, 6.07) is 0.139. The molecule has 0 aromatic heterocycles. The summed E-state index contributed by atoms with van der Waals surface area (Å²) in [5, 5.41) is 12.2. The van der Waals surface area contributed by atoms with Gasteiger partial charge >= 0.3 is 5.97 Å². The molecule has 5 heteroatoms. The lowest BCUT2D eigenvalue weighted by atomic mass is 9.81. The highest BCUT2D eigenvalue weighted by Crippen LogP contribution is 2.39. The summed E-state index contributed by atoms with van der Waals surface area (Å²) in [4.78, 5) is 23.4. The zero-order valence-corrected chi connectivity index (χ0v) is 11.7. The Bertz CT molecular complexity index is 393. The third-order valence-corrected chi connectivity index (χ3v) is 4.94. The Morgan fingerprint density at radius 2 is 1.80 bits per heavy atom. The van der Waals surface area contributed by atoms with Crippen LogP contribution in [0.25, 0.3) is 0 Å². The van der Waals surface area contributed by atoms with Gasteiger partial charge in [-0.15, -0.1) is 0 Å². The fourth-order valence-corrected chi connectivity index (χ4v) is 3.61. The number of carbonyl (C=O) groups is 2. The molecule has 3 fully saturated rings. The molecule has 112 valence electrons. The van der Waals surface area contributed by atoms with Gasteiger partial charge in [0.05, 0.1) is 18.1 Å². The van der Waals surface area contributed by atoms with Gasteiger partial charge in [-0.05, 0) is 44.4 Å². The van der Waals surface area contributed by atoms with Crippen molar-refractivity contribution in [1.82, 2.24) is 5.32 Å². The molecule has 0 radical (unpaired) electrons. The third-order valence-electron chi connectivity index (χ3n) is 4.94. The number of hydrogen-bond donors (Lipinski definition) is 2. The molecule has 4 unspecified atom stereocenters. The van der Waals surface area contributed by atoms with Gasteiger partial charge in [-0.1, -0.05) is 6.42 Å². The highest BCUT2D eigenvalue weighted by atomic mass is 16.5. The number of carbonyl (C=O) groups excluding carboxylic acids is 1. The smallest absolute Gasteiger partial charge is 0.306 e. The van der Waals surface area contributed by atoms with Gasteiger partial charge in [-0.3, -0.25) is 9.59 Å². The van der Waals surface area contributed by atoms with E-state index in [9.17, 15) is 9.59 Å². The molecule has 0 bridgehead atoms. The van der Waals surface area contributed by atoms with E-state index >= 15 is 0 Å². The minimum Gasteiger partial charge on any atom is -0.481 e. The van der Waals surface area contributed by atoms with Crippen LogP contribution in [0.5, 0.6) is 0 Å². The van der Waals surface area contributed by atoms with Gasteiger partial charge in [0.2, 0.25) is 5.91 Å². The lowest BCUT2D eigenvalue weighted by molar-refractivity contribution is -0.144. The van der Waals surface area contributed by atoms with Crippen molar-refractivity contribution in [3.8, 4) is 0 Å². The summed E-state index contributed by atoms with van der Waals surface area (Å²) in [5.74, 6) is -0.579. The van der Waals surface area contributed by atoms with E-state index in [2.05, 4.69) is 5.32 Å². The molecule has 2 saturated carbocycles. The maximum absolute atomic E-state index is 12.4. The second kappa shape index (κ2) is 5.72. The Morgan fingerprint density at radius 3 is 2.50 bits per heavy atom. The molecule has 1 aliphatic heterocycles. The predicted molar refractivity (Wildman–Crippen MR) is 72.1 cm³/mol. The van der Waals surface area contributed by atoms with Crippen LogP contribution in [0, 0.1) is 17.8 Å². The Hall–Kier alpha value is -1.10. The van der Waals surface area contributed by atoms with Crippen molar-refractivity contribution in [1.29, 1.82) is 0 Å². The van der Waals surface area contributed by atoms with Crippen LogP contribution < -0.4 is 5.32 Å². The fourth-order valence-electron chi connectivity index (χ4n) is 3.61. The van der Waals surface area contributed by atoms with E-state index in [0.717, 1.165) is 25.9 Å². The Kier molecular flexibility index (Phi) is 3.96. The molecule has 1 saturated heterocycles. The van der Waals surface area contributed by atoms with E-state index in [0.29, 0.717) is 18.8 Å². The van der Waals surface area contributed by atoms with Crippen molar-refractivity contribution < 1.29 is 19.4 Å². The Morgan fingerprint density at radius 1 is 1.05 bits per heavy atom. The lowest BCUT2D eigenvalue weighted by Crippen LogP contribution is -2.45. The average Bonchev–Trinajstić information content (AvgIpc) is 3.19. The summed E-state index contributed by atoms with van der Waals surface area (Å²) in [5.41, 5.74) is 0. The Labute approximate surface area is 119 Å². The lowest BCUT2D eigenvalue weighted by Gasteiger charge is -2.28. The molecule has 3 rings (SSSR count). The van der Waals surface area contributed by atoms with Crippen molar-refractivity contribution >= 4 is 11.9 Å². The molecule has 0 aromatic carbocycles. The first kappa shape index (κ1) is 13.9. The van der Waals surface area contributed by atoms with Crippen molar-refractivity contribution in [3.63, 3.8) is 0 Å². The van der Waals surface area contributed by atoms with Gasteiger partial charge in [-0.2, -0.15) is 0 Å². The summed E-state index contributed by atoms with van der Waals surface area (Å²) in [7, 11) is 0. The molecule has 1 amide bonds. The number of ether oxygens (including phenoxy) is 1. The molecule has 3 aliphatic rings. The molecule has 0 spiro atoms. The van der Waals surface area contributed by atoms with Crippen molar-refractivity contribution in [2.24, 2.45) is 17.8 Å². The standard InChI is InChI=1S/C15H23NO4/c17-14(10-2-1-3-11(8-10)15(18)19)16-12-6-7-20-13(12)9-4-5-9/h9-13H,1-8H2,(H,16,17)(H,18,19). The van der Waals surface area contributed by atoms with E-state index in [-0.39, 0.29) is 29.9 Å². The number of hydrogen-bond acceptors (Lipinski definition) is 3. The molecule has 0 aromatic rings. The highest BCUT2D eigenvalue weighted by Gasteiger charge is 2.42. The summed E-state index contributed by atoms with van der Waals surface area (Å²) in [6.45, 7) is 0.731. The van der Waals surface area contributed by atoms with Gasteiger partial charge in [0.1, 0.15) is 0 Å². The van der Waals surface area contributed by atoms with Gasteiger partial charge < -0.3 is 15.2 Å². The topological polar surface area (TPSA) is 75.6 Å². The third kappa shape index (κ3) is 2.97. The van der Waals surface area contributed by atoms with Crippen LogP contribution in [0.4, 0.5) is 0 Å². The van der Waals surface area contributed by atoms with Crippen molar-refractivity contribution in [2.75, 3.05) is 6.61 Å². The van der Waals surface area contributed by atoms with Gasteiger partial charge in [0.25, 0.3) is 0 Å².